The van der Waals surface area contributed by atoms with Gasteiger partial charge in [0.1, 0.15) is 0 Å². The highest BCUT2D eigenvalue weighted by atomic mass is 16.5. The van der Waals surface area contributed by atoms with Gasteiger partial charge in [-0.15, -0.1) is 0 Å². The van der Waals surface area contributed by atoms with Crippen LogP contribution in [0, 0.1) is 0 Å². The van der Waals surface area contributed by atoms with E-state index in [-0.39, 0.29) is 19.2 Å². The molecular formula is C11H16N2O4. The summed E-state index contributed by atoms with van der Waals surface area (Å²) in [5.41, 5.74) is 0. The number of amides is 4. The minimum absolute atomic E-state index is 0.124. The molecular weight excluding hydrogens is 224 g/mol. The minimum Gasteiger partial charge on any atom is -0.376 e. The molecule has 0 aromatic carbocycles. The first-order chi connectivity index (χ1) is 8.15. The molecule has 94 valence electrons. The zero-order valence-electron chi connectivity index (χ0n) is 9.85. The Morgan fingerprint density at radius 2 is 1.88 bits per heavy atom. The second kappa shape index (κ2) is 4.83. The lowest BCUT2D eigenvalue weighted by Crippen LogP contribution is -2.40. The molecule has 0 aliphatic carbocycles. The zero-order chi connectivity index (χ0) is 12.4. The van der Waals surface area contributed by atoms with Crippen molar-refractivity contribution in [3.8, 4) is 0 Å². The number of hydrogen-bond donors (Lipinski definition) is 0. The van der Waals surface area contributed by atoms with Crippen LogP contribution in [0.4, 0.5) is 4.79 Å². The fraction of sp³-hybridized carbons (Fsp3) is 0.727. The molecule has 0 bridgehead atoms. The van der Waals surface area contributed by atoms with E-state index in [9.17, 15) is 14.4 Å². The maximum absolute atomic E-state index is 11.8. The van der Waals surface area contributed by atoms with Crippen LogP contribution in [-0.2, 0) is 14.3 Å². The maximum atomic E-state index is 11.8. The summed E-state index contributed by atoms with van der Waals surface area (Å²) in [5.74, 6) is -1.46. The molecule has 0 N–H and O–H groups in total. The van der Waals surface area contributed by atoms with Gasteiger partial charge in [0.25, 0.3) is 0 Å². The molecule has 2 heterocycles. The van der Waals surface area contributed by atoms with Gasteiger partial charge in [-0.3, -0.25) is 19.4 Å². The summed E-state index contributed by atoms with van der Waals surface area (Å²) >= 11 is 0. The van der Waals surface area contributed by atoms with E-state index in [0.717, 1.165) is 29.1 Å². The highest BCUT2D eigenvalue weighted by molar-refractivity contribution is 6.44. The van der Waals surface area contributed by atoms with E-state index in [1.54, 1.807) is 6.92 Å². The average molecular weight is 240 g/mol. The Balaban J connectivity index is 2.03. The van der Waals surface area contributed by atoms with Gasteiger partial charge in [-0.1, -0.05) is 0 Å². The van der Waals surface area contributed by atoms with E-state index in [1.165, 1.54) is 0 Å². The van der Waals surface area contributed by atoms with Gasteiger partial charge in [0, 0.05) is 13.2 Å². The summed E-state index contributed by atoms with van der Waals surface area (Å²) in [6.45, 7) is 2.75. The van der Waals surface area contributed by atoms with Crippen molar-refractivity contribution < 1.29 is 19.1 Å². The summed E-state index contributed by atoms with van der Waals surface area (Å²) in [7, 11) is 0. The normalized spacial score (nSPS) is 25.9. The van der Waals surface area contributed by atoms with Crippen LogP contribution in [0.5, 0.6) is 0 Å². The summed E-state index contributed by atoms with van der Waals surface area (Å²) in [5, 5.41) is 0. The van der Waals surface area contributed by atoms with Crippen molar-refractivity contribution in [2.24, 2.45) is 0 Å². The van der Waals surface area contributed by atoms with E-state index < -0.39 is 17.8 Å². The molecule has 0 aromatic rings. The summed E-state index contributed by atoms with van der Waals surface area (Å²) < 4.78 is 5.46. The van der Waals surface area contributed by atoms with Crippen LogP contribution in [0.3, 0.4) is 0 Å². The Kier molecular flexibility index (Phi) is 3.42. The van der Waals surface area contributed by atoms with Crippen LogP contribution in [0.1, 0.15) is 26.2 Å². The van der Waals surface area contributed by atoms with E-state index in [4.69, 9.17) is 4.74 Å². The molecule has 1 atom stereocenters. The van der Waals surface area contributed by atoms with Crippen molar-refractivity contribution in [2.45, 2.75) is 32.3 Å². The maximum Gasteiger partial charge on any atom is 0.334 e. The number of hydrogen-bond acceptors (Lipinski definition) is 4. The molecule has 0 aromatic heterocycles. The van der Waals surface area contributed by atoms with E-state index >= 15 is 0 Å². The monoisotopic (exact) mass is 240 g/mol. The fourth-order valence-electron chi connectivity index (χ4n) is 2.15. The topological polar surface area (TPSA) is 66.9 Å². The summed E-state index contributed by atoms with van der Waals surface area (Å²) in [6.07, 6.45) is 2.75. The third-order valence-electron chi connectivity index (χ3n) is 3.11. The van der Waals surface area contributed by atoms with E-state index in [1.807, 2.05) is 0 Å². The van der Waals surface area contributed by atoms with Crippen molar-refractivity contribution in [1.82, 2.24) is 9.80 Å². The quantitative estimate of drug-likeness (QED) is 0.528. The van der Waals surface area contributed by atoms with Gasteiger partial charge in [-0.05, 0) is 26.2 Å². The van der Waals surface area contributed by atoms with Gasteiger partial charge >= 0.3 is 17.8 Å². The number of nitrogens with zero attached hydrogens (tertiary/aromatic N) is 2. The number of carbonyl (C=O) groups is 3. The SMILES string of the molecule is CCN1C(=O)C(=O)N(C[C@H]2CCCCO2)C1=O. The zero-order valence-corrected chi connectivity index (χ0v) is 9.85. The first-order valence-corrected chi connectivity index (χ1v) is 5.94. The lowest BCUT2D eigenvalue weighted by molar-refractivity contribution is -0.144. The first kappa shape index (κ1) is 12.0. The van der Waals surface area contributed by atoms with Gasteiger partial charge in [0.2, 0.25) is 0 Å². The van der Waals surface area contributed by atoms with Gasteiger partial charge < -0.3 is 4.74 Å². The van der Waals surface area contributed by atoms with E-state index in [2.05, 4.69) is 0 Å². The van der Waals surface area contributed by atoms with Crippen molar-refractivity contribution >= 4 is 17.8 Å². The molecule has 17 heavy (non-hydrogen) atoms. The minimum atomic E-state index is -0.731. The third-order valence-corrected chi connectivity index (χ3v) is 3.11. The van der Waals surface area contributed by atoms with E-state index in [0.29, 0.717) is 6.61 Å². The molecule has 0 spiro atoms. The predicted octanol–water partition coefficient (Wildman–Crippen LogP) is 0.366. The number of ether oxygens (including phenoxy) is 1. The standard InChI is InChI=1S/C11H16N2O4/c1-2-12-9(14)10(15)13(11(12)16)7-8-5-3-4-6-17-8/h8H,2-7H2,1H3/t8-/m1/s1. The van der Waals surface area contributed by atoms with Crippen molar-refractivity contribution in [3.63, 3.8) is 0 Å². The van der Waals surface area contributed by atoms with Crippen LogP contribution in [0.15, 0.2) is 0 Å². The largest absolute Gasteiger partial charge is 0.376 e. The number of likely N-dealkylation sites (N-methyl/N-ethyl adjacent to an activating group) is 1. The summed E-state index contributed by atoms with van der Waals surface area (Å²) in [6, 6.07) is -0.517. The Bertz CT molecular complexity index is 349. The smallest absolute Gasteiger partial charge is 0.334 e. The molecule has 6 heteroatoms. The number of urea groups is 1. The third kappa shape index (κ3) is 2.17. The van der Waals surface area contributed by atoms with Gasteiger partial charge in [0.15, 0.2) is 0 Å². The van der Waals surface area contributed by atoms with Crippen LogP contribution in [-0.4, -0.2) is 53.4 Å². The second-order valence-corrected chi connectivity index (χ2v) is 4.24. The molecule has 0 saturated carbocycles. The van der Waals surface area contributed by atoms with Crippen LogP contribution in [0.25, 0.3) is 0 Å². The molecule has 2 saturated heterocycles. The van der Waals surface area contributed by atoms with Crippen molar-refractivity contribution in [3.05, 3.63) is 0 Å². The van der Waals surface area contributed by atoms with Gasteiger partial charge in [0.05, 0.1) is 12.6 Å². The molecule has 2 rings (SSSR count). The van der Waals surface area contributed by atoms with Gasteiger partial charge in [-0.25, -0.2) is 4.79 Å². The molecule has 2 aliphatic heterocycles. The second-order valence-electron chi connectivity index (χ2n) is 4.24. The fourth-order valence-corrected chi connectivity index (χ4v) is 2.15. The van der Waals surface area contributed by atoms with Crippen molar-refractivity contribution in [2.75, 3.05) is 19.7 Å². The molecule has 0 radical (unpaired) electrons. The van der Waals surface area contributed by atoms with Crippen LogP contribution in [0.2, 0.25) is 0 Å². The first-order valence-electron chi connectivity index (χ1n) is 5.94. The summed E-state index contributed by atoms with van der Waals surface area (Å²) in [4.78, 5) is 36.8. The lowest BCUT2D eigenvalue weighted by atomic mass is 10.1. The highest BCUT2D eigenvalue weighted by Gasteiger charge is 2.44. The highest BCUT2D eigenvalue weighted by Crippen LogP contribution is 2.18. The van der Waals surface area contributed by atoms with Crippen LogP contribution >= 0.6 is 0 Å². The molecule has 4 amide bonds. The molecule has 2 aliphatic rings. The lowest BCUT2D eigenvalue weighted by Gasteiger charge is -2.25. The molecule has 0 unspecified atom stereocenters. The Hall–Kier alpha value is -1.43. The van der Waals surface area contributed by atoms with Crippen LogP contribution < -0.4 is 0 Å². The number of imide groups is 2. The van der Waals surface area contributed by atoms with Crippen molar-refractivity contribution in [1.29, 1.82) is 0 Å². The molecule has 2 fully saturated rings. The predicted molar refractivity (Wildman–Crippen MR) is 58.1 cm³/mol. The number of rotatable bonds is 3. The number of carbonyl (C=O) groups excluding carboxylic acids is 3. The van der Waals surface area contributed by atoms with Gasteiger partial charge in [-0.2, -0.15) is 0 Å². The molecule has 6 nitrogen and oxygen atoms in total. The Morgan fingerprint density at radius 3 is 2.41 bits per heavy atom. The average Bonchev–Trinajstić information content (AvgIpc) is 2.55. The Morgan fingerprint density at radius 1 is 1.18 bits per heavy atom. The Labute approximate surface area is 99.5 Å².